The van der Waals surface area contributed by atoms with Crippen LogP contribution in [0.4, 0.5) is 11.4 Å². The largest absolute Gasteiger partial charge is 0.486 e. The molecule has 0 aromatic heterocycles. The molecule has 1 N–H and O–H groups in total. The van der Waals surface area contributed by atoms with E-state index >= 15 is 0 Å². The fourth-order valence-electron chi connectivity index (χ4n) is 2.90. The molecular weight excluding hydrogens is 350 g/mol. The number of carbonyl (C=O) groups excluding carboxylic acids is 1. The second kappa shape index (κ2) is 8.05. The first-order valence-corrected chi connectivity index (χ1v) is 8.54. The lowest BCUT2D eigenvalue weighted by Crippen LogP contribution is -2.42. The Morgan fingerprint density at radius 1 is 1.30 bits per heavy atom. The number of fused-ring (bicyclic) bond motifs is 1. The molecule has 0 saturated carbocycles. The Bertz CT molecular complexity index is 855. The van der Waals surface area contributed by atoms with Gasteiger partial charge in [0.15, 0.2) is 11.5 Å². The van der Waals surface area contributed by atoms with Crippen molar-refractivity contribution in [2.45, 2.75) is 13.0 Å². The van der Waals surface area contributed by atoms with Crippen molar-refractivity contribution < 1.29 is 19.2 Å². The van der Waals surface area contributed by atoms with E-state index in [1.165, 1.54) is 6.07 Å². The molecule has 3 rings (SSSR count). The van der Waals surface area contributed by atoms with E-state index < -0.39 is 4.92 Å². The average Bonchev–Trinajstić information content (AvgIpc) is 2.62. The number of amides is 1. The van der Waals surface area contributed by atoms with Gasteiger partial charge in [0, 0.05) is 12.6 Å². The van der Waals surface area contributed by atoms with E-state index in [1.807, 2.05) is 24.3 Å². The van der Waals surface area contributed by atoms with Gasteiger partial charge >= 0.3 is 0 Å². The number of rotatable bonds is 6. The van der Waals surface area contributed by atoms with Gasteiger partial charge in [0.05, 0.1) is 11.5 Å². The van der Waals surface area contributed by atoms with E-state index in [9.17, 15) is 14.9 Å². The molecule has 1 heterocycles. The zero-order valence-corrected chi connectivity index (χ0v) is 15.2. The third-order valence-electron chi connectivity index (χ3n) is 4.12. The fourth-order valence-corrected chi connectivity index (χ4v) is 2.90. The predicted octanol–water partition coefficient (Wildman–Crippen LogP) is 2.61. The molecular formula is C19H21N3O5. The molecule has 8 nitrogen and oxygen atoms in total. The summed E-state index contributed by atoms with van der Waals surface area (Å²) in [6.07, 6.45) is -0.202. The van der Waals surface area contributed by atoms with Gasteiger partial charge in [-0.3, -0.25) is 19.8 Å². The zero-order valence-electron chi connectivity index (χ0n) is 15.2. The number of anilines is 1. The van der Waals surface area contributed by atoms with Crippen molar-refractivity contribution in [1.29, 1.82) is 0 Å². The molecule has 0 radical (unpaired) electrons. The van der Waals surface area contributed by atoms with Crippen LogP contribution in [0.5, 0.6) is 11.5 Å². The Labute approximate surface area is 156 Å². The second-order valence-electron chi connectivity index (χ2n) is 6.52. The highest BCUT2D eigenvalue weighted by Gasteiger charge is 2.23. The third-order valence-corrected chi connectivity index (χ3v) is 4.12. The molecule has 8 heteroatoms. The first kappa shape index (κ1) is 18.7. The van der Waals surface area contributed by atoms with Crippen LogP contribution in [0.25, 0.3) is 0 Å². The highest BCUT2D eigenvalue weighted by molar-refractivity contribution is 5.94. The summed E-state index contributed by atoms with van der Waals surface area (Å²) in [5, 5.41) is 13.8. The van der Waals surface area contributed by atoms with Crippen molar-refractivity contribution in [3.63, 3.8) is 0 Å². The van der Waals surface area contributed by atoms with Gasteiger partial charge in [-0.2, -0.15) is 0 Å². The number of nitro benzene ring substituents is 1. The molecule has 1 aliphatic rings. The van der Waals surface area contributed by atoms with Crippen LogP contribution in [0.3, 0.4) is 0 Å². The summed E-state index contributed by atoms with van der Waals surface area (Å²) in [6, 6.07) is 12.1. The summed E-state index contributed by atoms with van der Waals surface area (Å²) in [6.45, 7) is 2.72. The third kappa shape index (κ3) is 4.73. The molecule has 1 atom stereocenters. The molecule has 1 amide bonds. The summed E-state index contributed by atoms with van der Waals surface area (Å²) in [7, 11) is 1.78. The van der Waals surface area contributed by atoms with Crippen molar-refractivity contribution >= 4 is 17.3 Å². The smallest absolute Gasteiger partial charge is 0.293 e. The molecule has 142 valence electrons. The van der Waals surface area contributed by atoms with Gasteiger partial charge in [-0.1, -0.05) is 18.2 Å². The normalized spacial score (nSPS) is 15.4. The zero-order chi connectivity index (χ0) is 19.4. The van der Waals surface area contributed by atoms with Crippen molar-refractivity contribution in [2.75, 3.05) is 32.1 Å². The molecule has 0 fully saturated rings. The van der Waals surface area contributed by atoms with Gasteiger partial charge in [0.25, 0.3) is 5.69 Å². The summed E-state index contributed by atoms with van der Waals surface area (Å²) in [5.41, 5.74) is 0.827. The van der Waals surface area contributed by atoms with Gasteiger partial charge in [0.2, 0.25) is 5.91 Å². The number of carbonyl (C=O) groups is 1. The number of aryl methyl sites for hydroxylation is 1. The maximum atomic E-state index is 12.3. The number of nitrogens with one attached hydrogen (secondary N) is 1. The van der Waals surface area contributed by atoms with Gasteiger partial charge < -0.3 is 14.8 Å². The van der Waals surface area contributed by atoms with Gasteiger partial charge in [-0.25, -0.2) is 0 Å². The molecule has 0 spiro atoms. The fraction of sp³-hybridized carbons (Fsp3) is 0.316. The average molecular weight is 371 g/mol. The number of nitrogens with zero attached hydrogens (tertiary/aromatic N) is 2. The number of ether oxygens (including phenoxy) is 2. The molecule has 2 aromatic carbocycles. The Morgan fingerprint density at radius 2 is 2.04 bits per heavy atom. The molecule has 0 saturated heterocycles. The lowest BCUT2D eigenvalue weighted by molar-refractivity contribution is -0.384. The number of likely N-dealkylation sites (N-methyl/N-ethyl adjacent to an activating group) is 1. The minimum Gasteiger partial charge on any atom is -0.486 e. The highest BCUT2D eigenvalue weighted by atomic mass is 16.6. The number of hydrogen-bond acceptors (Lipinski definition) is 6. The number of benzene rings is 2. The maximum Gasteiger partial charge on any atom is 0.293 e. The van der Waals surface area contributed by atoms with E-state index in [0.29, 0.717) is 24.7 Å². The van der Waals surface area contributed by atoms with Gasteiger partial charge in [-0.15, -0.1) is 0 Å². The first-order valence-electron chi connectivity index (χ1n) is 8.54. The van der Waals surface area contributed by atoms with Gasteiger partial charge in [0.1, 0.15) is 18.4 Å². The van der Waals surface area contributed by atoms with E-state index in [4.69, 9.17) is 9.47 Å². The van der Waals surface area contributed by atoms with E-state index in [1.54, 1.807) is 31.0 Å². The monoisotopic (exact) mass is 371 g/mol. The summed E-state index contributed by atoms with van der Waals surface area (Å²) < 4.78 is 11.5. The Kier molecular flexibility index (Phi) is 5.56. The van der Waals surface area contributed by atoms with Crippen LogP contribution in [0.1, 0.15) is 5.56 Å². The van der Waals surface area contributed by atoms with Gasteiger partial charge in [-0.05, 0) is 37.7 Å². The van der Waals surface area contributed by atoms with Crippen molar-refractivity contribution in [1.82, 2.24) is 4.90 Å². The Hall–Kier alpha value is -3.13. The van der Waals surface area contributed by atoms with Crippen molar-refractivity contribution in [2.24, 2.45) is 0 Å². The molecule has 0 bridgehead atoms. The molecule has 0 aliphatic carbocycles. The van der Waals surface area contributed by atoms with Crippen LogP contribution in [-0.2, 0) is 4.79 Å². The van der Waals surface area contributed by atoms with Crippen LogP contribution in [0, 0.1) is 17.0 Å². The second-order valence-corrected chi connectivity index (χ2v) is 6.52. The van der Waals surface area contributed by atoms with Crippen molar-refractivity contribution in [3.8, 4) is 11.5 Å². The standard InChI is InChI=1S/C19H21N3O5/c1-13-7-8-15(16(9-13)22(24)25)20-19(23)11-21(2)10-14-12-26-17-5-3-4-6-18(17)27-14/h3-9,14H,10-12H2,1-2H3,(H,20,23). The van der Waals surface area contributed by atoms with Crippen molar-refractivity contribution in [3.05, 3.63) is 58.1 Å². The summed E-state index contributed by atoms with van der Waals surface area (Å²) in [5.74, 6) is 1.06. The molecule has 1 aliphatic heterocycles. The minimum atomic E-state index is -0.503. The number of hydrogen-bond donors (Lipinski definition) is 1. The molecule has 2 aromatic rings. The SMILES string of the molecule is Cc1ccc(NC(=O)CN(C)CC2COc3ccccc3O2)c([N+](=O)[O-])c1. The number of para-hydroxylation sites is 2. The molecule has 27 heavy (non-hydrogen) atoms. The summed E-state index contributed by atoms with van der Waals surface area (Å²) >= 11 is 0. The lowest BCUT2D eigenvalue weighted by atomic mass is 10.2. The quantitative estimate of drug-likeness (QED) is 0.620. The van der Waals surface area contributed by atoms with Crippen LogP contribution in [-0.4, -0.2) is 48.6 Å². The minimum absolute atomic E-state index is 0.0759. The van der Waals surface area contributed by atoms with Crippen LogP contribution in [0.15, 0.2) is 42.5 Å². The van der Waals surface area contributed by atoms with E-state index in [-0.39, 0.29) is 29.9 Å². The van der Waals surface area contributed by atoms with E-state index in [2.05, 4.69) is 5.32 Å². The lowest BCUT2D eigenvalue weighted by Gasteiger charge is -2.29. The first-order chi connectivity index (χ1) is 12.9. The van der Waals surface area contributed by atoms with Crippen LogP contribution < -0.4 is 14.8 Å². The summed E-state index contributed by atoms with van der Waals surface area (Å²) in [4.78, 5) is 24.7. The Morgan fingerprint density at radius 3 is 2.78 bits per heavy atom. The topological polar surface area (TPSA) is 93.9 Å². The predicted molar refractivity (Wildman–Crippen MR) is 100 cm³/mol. The molecule has 1 unspecified atom stereocenters. The maximum absolute atomic E-state index is 12.3. The van der Waals surface area contributed by atoms with E-state index in [0.717, 1.165) is 5.56 Å². The number of nitro groups is 1. The highest BCUT2D eigenvalue weighted by Crippen LogP contribution is 2.31. The van der Waals surface area contributed by atoms with Crippen LogP contribution >= 0.6 is 0 Å². The van der Waals surface area contributed by atoms with Crippen LogP contribution in [0.2, 0.25) is 0 Å². The Balaban J connectivity index is 1.55.